The molecule has 0 bridgehead atoms. The Hall–Kier alpha value is -1.82. The minimum Gasteiger partial charge on any atom is -0.340 e. The van der Waals surface area contributed by atoms with E-state index in [0.717, 1.165) is 32.7 Å². The lowest BCUT2D eigenvalue weighted by molar-refractivity contribution is -0.138. The average molecular weight is 482 g/mol. The van der Waals surface area contributed by atoms with E-state index in [2.05, 4.69) is 22.0 Å². The number of likely N-dealkylation sites (N-methyl/N-ethyl adjacent to an activating group) is 1. The molecular formula is C21H31N5O4S2. The molecule has 4 rings (SSSR count). The Kier molecular flexibility index (Phi) is 6.99. The molecule has 2 saturated heterocycles. The lowest BCUT2D eigenvalue weighted by Gasteiger charge is -2.38. The maximum absolute atomic E-state index is 13.3. The van der Waals surface area contributed by atoms with Gasteiger partial charge in [-0.05, 0) is 32.4 Å². The minimum absolute atomic E-state index is 0.0967. The normalized spacial score (nSPS) is 19.5. The van der Waals surface area contributed by atoms with Crippen LogP contribution in [0.3, 0.4) is 0 Å². The summed E-state index contributed by atoms with van der Waals surface area (Å²) in [5.41, 5.74) is 0. The smallest absolute Gasteiger partial charge is 0.244 e. The molecule has 0 unspecified atom stereocenters. The van der Waals surface area contributed by atoms with Crippen LogP contribution in [-0.4, -0.2) is 84.4 Å². The maximum Gasteiger partial charge on any atom is 0.244 e. The molecule has 0 saturated carbocycles. The number of sulfonamides is 1. The minimum atomic E-state index is -3.64. The maximum atomic E-state index is 13.3. The number of piperidine rings is 1. The molecule has 0 aliphatic carbocycles. The summed E-state index contributed by atoms with van der Waals surface area (Å²) in [4.78, 5) is 23.2. The van der Waals surface area contributed by atoms with E-state index in [9.17, 15) is 13.2 Å². The summed E-state index contributed by atoms with van der Waals surface area (Å²) in [6.45, 7) is 10.9. The van der Waals surface area contributed by atoms with Crippen molar-refractivity contribution in [2.75, 3.05) is 45.8 Å². The molecule has 0 N–H and O–H groups in total. The molecular weight excluding hydrogens is 450 g/mol. The van der Waals surface area contributed by atoms with E-state index in [1.54, 1.807) is 13.0 Å². The Balaban J connectivity index is 1.40. The lowest BCUT2D eigenvalue weighted by Crippen LogP contribution is -2.51. The van der Waals surface area contributed by atoms with Gasteiger partial charge in [0.05, 0.1) is 9.77 Å². The van der Waals surface area contributed by atoms with Gasteiger partial charge in [-0.25, -0.2) is 8.42 Å². The zero-order valence-corrected chi connectivity index (χ0v) is 20.5. The summed E-state index contributed by atoms with van der Waals surface area (Å²) in [5, 5.41) is 3.96. The Labute approximate surface area is 193 Å². The summed E-state index contributed by atoms with van der Waals surface area (Å²) in [6, 6.07) is 1.64. The summed E-state index contributed by atoms with van der Waals surface area (Å²) >= 11 is 1.35. The molecule has 2 fully saturated rings. The third-order valence-corrected chi connectivity index (χ3v) is 9.62. The van der Waals surface area contributed by atoms with Crippen molar-refractivity contribution in [2.45, 2.75) is 44.9 Å². The van der Waals surface area contributed by atoms with Crippen molar-refractivity contribution >= 4 is 27.3 Å². The monoisotopic (exact) mass is 481 g/mol. The first kappa shape index (κ1) is 23.3. The zero-order chi connectivity index (χ0) is 22.9. The number of carbonyl (C=O) groups is 1. The van der Waals surface area contributed by atoms with Crippen LogP contribution in [0.2, 0.25) is 0 Å². The van der Waals surface area contributed by atoms with E-state index in [4.69, 9.17) is 4.52 Å². The summed E-state index contributed by atoms with van der Waals surface area (Å²) < 4.78 is 33.3. The summed E-state index contributed by atoms with van der Waals surface area (Å²) in [5.74, 6) is 1.03. The highest BCUT2D eigenvalue weighted by Gasteiger charge is 2.36. The van der Waals surface area contributed by atoms with Crippen molar-refractivity contribution < 1.29 is 17.7 Å². The number of nitrogens with zero attached hydrogens (tertiary/aromatic N) is 5. The number of aromatic nitrogens is 2. The second kappa shape index (κ2) is 9.58. The number of hydrogen-bond donors (Lipinski definition) is 0. The van der Waals surface area contributed by atoms with Crippen molar-refractivity contribution in [3.63, 3.8) is 0 Å². The third kappa shape index (κ3) is 4.61. The fourth-order valence-corrected chi connectivity index (χ4v) is 7.31. The molecule has 11 heteroatoms. The van der Waals surface area contributed by atoms with Crippen molar-refractivity contribution in [2.24, 2.45) is 5.92 Å². The number of hydrogen-bond acceptors (Lipinski definition) is 8. The first-order valence-electron chi connectivity index (χ1n) is 11.3. The number of rotatable bonds is 6. The quantitative estimate of drug-likeness (QED) is 0.624. The van der Waals surface area contributed by atoms with Crippen molar-refractivity contribution in [1.82, 2.24) is 24.2 Å². The van der Waals surface area contributed by atoms with Crippen LogP contribution in [0.15, 0.2) is 15.5 Å². The van der Waals surface area contributed by atoms with Gasteiger partial charge in [-0.15, -0.1) is 11.3 Å². The fourth-order valence-electron chi connectivity index (χ4n) is 4.36. The predicted octanol–water partition coefficient (Wildman–Crippen LogP) is 2.23. The number of thiophene rings is 1. The molecule has 32 heavy (non-hydrogen) atoms. The third-order valence-electron chi connectivity index (χ3n) is 6.42. The molecule has 4 heterocycles. The van der Waals surface area contributed by atoms with Crippen LogP contribution < -0.4 is 0 Å². The number of piperazine rings is 1. The van der Waals surface area contributed by atoms with Gasteiger partial charge in [-0.2, -0.15) is 9.29 Å². The number of carbonyl (C=O) groups excluding carboxylic acids is 1. The molecule has 0 spiro atoms. The summed E-state index contributed by atoms with van der Waals surface area (Å²) in [7, 11) is -3.64. The highest BCUT2D eigenvalue weighted by molar-refractivity contribution is 7.89. The average Bonchev–Trinajstić information content (AvgIpc) is 3.45. The van der Waals surface area contributed by atoms with Gasteiger partial charge in [-0.1, -0.05) is 19.0 Å². The molecule has 9 nitrogen and oxygen atoms in total. The SMILES string of the molecule is CCc1nc(-c2cc(S(=O)(=O)N3CCC(C(=O)N4CCN(CC)CC4)CC3)c(C)s2)no1. The highest BCUT2D eigenvalue weighted by Crippen LogP contribution is 2.35. The molecule has 2 aliphatic heterocycles. The standard InChI is InChI=1S/C21H31N5O4S2/c1-4-19-22-20(23-30-19)17-14-18(15(3)31-17)32(28,29)26-8-6-16(7-9-26)21(27)25-12-10-24(5-2)11-13-25/h14,16H,4-13H2,1-3H3. The molecule has 2 aliphatic rings. The van der Waals surface area contributed by atoms with Gasteiger partial charge in [0.2, 0.25) is 27.6 Å². The van der Waals surface area contributed by atoms with Crippen LogP contribution in [0.5, 0.6) is 0 Å². The van der Waals surface area contributed by atoms with Gasteiger partial charge in [0, 0.05) is 56.5 Å². The molecule has 0 atom stereocenters. The van der Waals surface area contributed by atoms with E-state index in [0.29, 0.717) is 58.7 Å². The van der Waals surface area contributed by atoms with Crippen LogP contribution in [0.1, 0.15) is 37.5 Å². The topological polar surface area (TPSA) is 99.8 Å². The predicted molar refractivity (Wildman–Crippen MR) is 122 cm³/mol. The van der Waals surface area contributed by atoms with Crippen LogP contribution >= 0.6 is 11.3 Å². The highest BCUT2D eigenvalue weighted by atomic mass is 32.2. The first-order valence-corrected chi connectivity index (χ1v) is 13.5. The lowest BCUT2D eigenvalue weighted by atomic mass is 9.96. The Morgan fingerprint density at radius 3 is 2.44 bits per heavy atom. The Bertz CT molecular complexity index is 1050. The van der Waals surface area contributed by atoms with E-state index in [1.165, 1.54) is 15.6 Å². The van der Waals surface area contributed by atoms with Gasteiger partial charge in [0.25, 0.3) is 0 Å². The van der Waals surface area contributed by atoms with Crippen molar-refractivity contribution in [1.29, 1.82) is 0 Å². The number of amides is 1. The molecule has 0 radical (unpaired) electrons. The fraction of sp³-hybridized carbons (Fsp3) is 0.667. The second-order valence-electron chi connectivity index (χ2n) is 8.33. The van der Waals surface area contributed by atoms with Crippen molar-refractivity contribution in [3.8, 4) is 10.7 Å². The largest absolute Gasteiger partial charge is 0.340 e. The first-order chi connectivity index (χ1) is 15.3. The molecule has 176 valence electrons. The number of aryl methyl sites for hydroxylation is 2. The van der Waals surface area contributed by atoms with E-state index < -0.39 is 10.0 Å². The van der Waals surface area contributed by atoms with E-state index in [1.807, 2.05) is 11.8 Å². The van der Waals surface area contributed by atoms with Crippen molar-refractivity contribution in [3.05, 3.63) is 16.8 Å². The summed E-state index contributed by atoms with van der Waals surface area (Å²) in [6.07, 6.45) is 1.75. The van der Waals surface area contributed by atoms with Crippen LogP contribution in [0.25, 0.3) is 10.7 Å². The van der Waals surface area contributed by atoms with E-state index >= 15 is 0 Å². The Morgan fingerprint density at radius 1 is 1.16 bits per heavy atom. The zero-order valence-electron chi connectivity index (χ0n) is 18.9. The van der Waals surface area contributed by atoms with Crippen LogP contribution in [0.4, 0.5) is 0 Å². The van der Waals surface area contributed by atoms with Crippen LogP contribution in [0, 0.1) is 12.8 Å². The Morgan fingerprint density at radius 2 is 1.84 bits per heavy atom. The molecule has 2 aromatic rings. The molecule has 0 aromatic carbocycles. The van der Waals surface area contributed by atoms with Gasteiger partial charge >= 0.3 is 0 Å². The van der Waals surface area contributed by atoms with Gasteiger partial charge < -0.3 is 14.3 Å². The van der Waals surface area contributed by atoms with Crippen LogP contribution in [-0.2, 0) is 21.2 Å². The van der Waals surface area contributed by atoms with Gasteiger partial charge in [0.15, 0.2) is 0 Å². The van der Waals surface area contributed by atoms with Gasteiger partial charge in [0.1, 0.15) is 0 Å². The second-order valence-corrected chi connectivity index (χ2v) is 11.5. The van der Waals surface area contributed by atoms with E-state index in [-0.39, 0.29) is 11.8 Å². The van der Waals surface area contributed by atoms with Gasteiger partial charge in [-0.3, -0.25) is 4.79 Å². The molecule has 2 aromatic heterocycles. The molecule has 1 amide bonds.